The molecule has 0 aliphatic rings. The van der Waals surface area contributed by atoms with Crippen LogP contribution in [0.3, 0.4) is 0 Å². The average Bonchev–Trinajstić information content (AvgIpc) is 3.32. The van der Waals surface area contributed by atoms with Crippen molar-refractivity contribution in [2.75, 3.05) is 6.61 Å². The lowest BCUT2D eigenvalue weighted by molar-refractivity contribution is -0.123. The smallest absolute Gasteiger partial charge is 0.220 e. The summed E-state index contributed by atoms with van der Waals surface area (Å²) < 4.78 is 0. The van der Waals surface area contributed by atoms with Gasteiger partial charge in [0.1, 0.15) is 0 Å². The summed E-state index contributed by atoms with van der Waals surface area (Å²) in [5.74, 6) is -0.0684. The first kappa shape index (κ1) is 64.6. The number of carbonyl (C=O) groups is 1. The van der Waals surface area contributed by atoms with Crippen molar-refractivity contribution in [1.82, 2.24) is 5.32 Å². The Morgan fingerprint density at radius 2 is 0.591 bits per heavy atom. The topological polar surface area (TPSA) is 69.6 Å². The third kappa shape index (κ3) is 53.6. The number of allylic oxidation sites excluding steroid dienone is 5. The predicted octanol–water partition coefficient (Wildman–Crippen LogP) is 20.0. The van der Waals surface area contributed by atoms with Crippen LogP contribution in [0.15, 0.2) is 36.5 Å². The van der Waals surface area contributed by atoms with Crippen molar-refractivity contribution in [2.24, 2.45) is 0 Å². The highest BCUT2D eigenvalue weighted by Gasteiger charge is 2.18. The van der Waals surface area contributed by atoms with E-state index in [0.717, 1.165) is 32.1 Å². The van der Waals surface area contributed by atoms with Gasteiger partial charge in [-0.1, -0.05) is 307 Å². The van der Waals surface area contributed by atoms with Crippen LogP contribution >= 0.6 is 0 Å². The van der Waals surface area contributed by atoms with E-state index in [1.54, 1.807) is 6.08 Å². The van der Waals surface area contributed by atoms with E-state index in [9.17, 15) is 15.0 Å². The second-order valence-electron chi connectivity index (χ2n) is 20.8. The van der Waals surface area contributed by atoms with Gasteiger partial charge in [0.25, 0.3) is 0 Å². The molecule has 1 amide bonds. The molecule has 4 nitrogen and oxygen atoms in total. The first-order valence-corrected chi connectivity index (χ1v) is 30.2. The fourth-order valence-corrected chi connectivity index (χ4v) is 9.49. The molecule has 390 valence electrons. The molecule has 0 spiro atoms. The van der Waals surface area contributed by atoms with Gasteiger partial charge >= 0.3 is 0 Å². The molecule has 3 N–H and O–H groups in total. The number of hydrogen-bond donors (Lipinski definition) is 3. The van der Waals surface area contributed by atoms with E-state index in [-0.39, 0.29) is 12.5 Å². The SMILES string of the molecule is CCCCCCCCCCCCCC/C=C\CCCCCCCCCCCCCCCCC(=O)NC(CO)C(O)/C=C/CC/C=C/CCCCCCCCCCCCCCCCCCCC. The van der Waals surface area contributed by atoms with Gasteiger partial charge in [-0.05, 0) is 57.8 Å². The second kappa shape index (κ2) is 57.9. The van der Waals surface area contributed by atoms with Crippen LogP contribution in [-0.2, 0) is 4.79 Å². The maximum Gasteiger partial charge on any atom is 0.220 e. The zero-order valence-electron chi connectivity index (χ0n) is 45.0. The van der Waals surface area contributed by atoms with Crippen molar-refractivity contribution in [1.29, 1.82) is 0 Å². The number of aliphatic hydroxyl groups is 2. The van der Waals surface area contributed by atoms with Gasteiger partial charge in [0.2, 0.25) is 5.91 Å². The minimum absolute atomic E-state index is 0.0684. The number of carbonyl (C=O) groups excluding carboxylic acids is 1. The summed E-state index contributed by atoms with van der Waals surface area (Å²) in [7, 11) is 0. The molecule has 0 rings (SSSR count). The standard InChI is InChI=1S/C62H119NO3/c1-3-5-7-9-11-13-15-17-19-21-23-25-27-29-30-31-32-33-34-36-38-40-42-44-46-48-50-52-54-56-58-62(66)63-60(59-64)61(65)57-55-53-51-49-47-45-43-41-39-37-35-28-26-24-22-20-18-16-14-12-10-8-6-4-2/h29-30,47,49,55,57,60-61,64-65H,3-28,31-46,48,50-54,56,58-59H2,1-2H3,(H,63,66)/b30-29-,49-47+,57-55+. The lowest BCUT2D eigenvalue weighted by Gasteiger charge is -2.19. The van der Waals surface area contributed by atoms with Gasteiger partial charge in [-0.3, -0.25) is 4.79 Å². The third-order valence-electron chi connectivity index (χ3n) is 14.1. The van der Waals surface area contributed by atoms with Gasteiger partial charge in [0, 0.05) is 6.42 Å². The molecule has 0 aromatic heterocycles. The molecule has 0 radical (unpaired) electrons. The predicted molar refractivity (Wildman–Crippen MR) is 295 cm³/mol. The van der Waals surface area contributed by atoms with Crippen molar-refractivity contribution in [2.45, 2.75) is 347 Å². The Balaban J connectivity index is 3.48. The number of unbranched alkanes of at least 4 members (excludes halogenated alkanes) is 45. The monoisotopic (exact) mass is 926 g/mol. The Hall–Kier alpha value is -1.39. The quantitative estimate of drug-likeness (QED) is 0.0420. The molecule has 2 unspecified atom stereocenters. The third-order valence-corrected chi connectivity index (χ3v) is 14.1. The van der Waals surface area contributed by atoms with Crippen molar-refractivity contribution in [3.05, 3.63) is 36.5 Å². The molecule has 66 heavy (non-hydrogen) atoms. The van der Waals surface area contributed by atoms with Crippen molar-refractivity contribution < 1.29 is 15.0 Å². The van der Waals surface area contributed by atoms with Crippen LogP contribution in [0.5, 0.6) is 0 Å². The highest BCUT2D eigenvalue weighted by Crippen LogP contribution is 2.17. The van der Waals surface area contributed by atoms with Crippen LogP contribution in [0.25, 0.3) is 0 Å². The molecule has 2 atom stereocenters. The normalized spacial score (nSPS) is 13.0. The van der Waals surface area contributed by atoms with Crippen LogP contribution in [0, 0.1) is 0 Å². The van der Waals surface area contributed by atoms with Gasteiger partial charge in [-0.25, -0.2) is 0 Å². The number of rotatable bonds is 56. The Kier molecular flexibility index (Phi) is 56.7. The van der Waals surface area contributed by atoms with Crippen LogP contribution < -0.4 is 5.32 Å². The van der Waals surface area contributed by atoms with Gasteiger partial charge in [-0.15, -0.1) is 0 Å². The number of hydrogen-bond acceptors (Lipinski definition) is 3. The van der Waals surface area contributed by atoms with Gasteiger partial charge in [-0.2, -0.15) is 0 Å². The summed E-state index contributed by atoms with van der Waals surface area (Å²) in [6, 6.07) is -0.639. The largest absolute Gasteiger partial charge is 0.394 e. The second-order valence-corrected chi connectivity index (χ2v) is 20.8. The van der Waals surface area contributed by atoms with Crippen molar-refractivity contribution in [3.8, 4) is 0 Å². The summed E-state index contributed by atoms with van der Waals surface area (Å²) >= 11 is 0. The number of aliphatic hydroxyl groups excluding tert-OH is 2. The summed E-state index contributed by atoms with van der Waals surface area (Å²) in [6.45, 7) is 4.34. The Bertz CT molecular complexity index is 1010. The minimum atomic E-state index is -0.862. The molecule has 0 bridgehead atoms. The lowest BCUT2D eigenvalue weighted by Crippen LogP contribution is -2.45. The molecule has 0 aromatic carbocycles. The van der Waals surface area contributed by atoms with E-state index < -0.39 is 12.1 Å². The zero-order chi connectivity index (χ0) is 47.7. The maximum absolute atomic E-state index is 12.5. The van der Waals surface area contributed by atoms with Crippen molar-refractivity contribution >= 4 is 5.91 Å². The molecular formula is C62H119NO3. The number of nitrogens with one attached hydrogen (secondary N) is 1. The average molecular weight is 927 g/mol. The molecule has 0 aliphatic carbocycles. The zero-order valence-corrected chi connectivity index (χ0v) is 45.0. The molecule has 0 fully saturated rings. The van der Waals surface area contributed by atoms with Gasteiger partial charge in [0.05, 0.1) is 18.8 Å². The van der Waals surface area contributed by atoms with Crippen LogP contribution in [0.1, 0.15) is 335 Å². The minimum Gasteiger partial charge on any atom is -0.394 e. The Morgan fingerprint density at radius 1 is 0.348 bits per heavy atom. The molecule has 0 heterocycles. The van der Waals surface area contributed by atoms with Crippen LogP contribution in [-0.4, -0.2) is 34.9 Å². The summed E-state index contributed by atoms with van der Waals surface area (Å²) in [5, 5.41) is 23.2. The van der Waals surface area contributed by atoms with Crippen molar-refractivity contribution in [3.63, 3.8) is 0 Å². The fraction of sp³-hybridized carbons (Fsp3) is 0.887. The van der Waals surface area contributed by atoms with Gasteiger partial charge in [0.15, 0.2) is 0 Å². The summed E-state index contributed by atoms with van der Waals surface area (Å²) in [5.41, 5.74) is 0. The summed E-state index contributed by atoms with van der Waals surface area (Å²) in [4.78, 5) is 12.5. The van der Waals surface area contributed by atoms with E-state index in [0.29, 0.717) is 6.42 Å². The highest BCUT2D eigenvalue weighted by molar-refractivity contribution is 5.76. The Morgan fingerprint density at radius 3 is 0.879 bits per heavy atom. The fourth-order valence-electron chi connectivity index (χ4n) is 9.49. The van der Waals surface area contributed by atoms with E-state index in [1.807, 2.05) is 6.08 Å². The van der Waals surface area contributed by atoms with E-state index >= 15 is 0 Å². The number of amides is 1. The first-order valence-electron chi connectivity index (χ1n) is 30.2. The molecule has 0 saturated heterocycles. The summed E-state index contributed by atoms with van der Waals surface area (Å²) in [6.07, 6.45) is 79.0. The van der Waals surface area contributed by atoms with E-state index in [4.69, 9.17) is 0 Å². The van der Waals surface area contributed by atoms with E-state index in [2.05, 4.69) is 43.5 Å². The Labute approximate surface area is 414 Å². The van der Waals surface area contributed by atoms with Gasteiger partial charge < -0.3 is 15.5 Å². The first-order chi connectivity index (χ1) is 32.7. The molecule has 0 aliphatic heterocycles. The lowest BCUT2D eigenvalue weighted by atomic mass is 10.0. The molecular weight excluding hydrogens is 807 g/mol. The molecule has 0 saturated carbocycles. The highest BCUT2D eigenvalue weighted by atomic mass is 16.3. The maximum atomic E-state index is 12.5. The van der Waals surface area contributed by atoms with Crippen LogP contribution in [0.2, 0.25) is 0 Å². The molecule has 4 heteroatoms. The van der Waals surface area contributed by atoms with E-state index in [1.165, 1.54) is 283 Å². The molecule has 0 aromatic rings. The van der Waals surface area contributed by atoms with Crippen LogP contribution in [0.4, 0.5) is 0 Å².